The van der Waals surface area contributed by atoms with Crippen LogP contribution in [0.5, 0.6) is 0 Å². The summed E-state index contributed by atoms with van der Waals surface area (Å²) in [5.74, 6) is 0.810. The molecule has 1 saturated heterocycles. The summed E-state index contributed by atoms with van der Waals surface area (Å²) in [6.07, 6.45) is 12.0. The molecular weight excluding hydrogens is 360 g/mol. The average molecular weight is 397 g/mol. The normalized spacial score (nSPS) is 22.1. The van der Waals surface area contributed by atoms with Gasteiger partial charge in [0, 0.05) is 19.3 Å². The summed E-state index contributed by atoms with van der Waals surface area (Å²) >= 11 is 1.75. The largest absolute Gasteiger partial charge is 0.336 e. The summed E-state index contributed by atoms with van der Waals surface area (Å²) in [6.45, 7) is 5.25. The van der Waals surface area contributed by atoms with Crippen LogP contribution >= 0.6 is 11.8 Å². The minimum absolute atomic E-state index is 0.213. The van der Waals surface area contributed by atoms with Crippen molar-refractivity contribution in [3.8, 4) is 0 Å². The second-order valence-corrected chi connectivity index (χ2v) is 8.61. The summed E-state index contributed by atoms with van der Waals surface area (Å²) in [5, 5.41) is 3.40. The maximum atomic E-state index is 12.4. The maximum absolute atomic E-state index is 12.4. The van der Waals surface area contributed by atoms with Crippen molar-refractivity contribution in [1.29, 1.82) is 0 Å². The van der Waals surface area contributed by atoms with Gasteiger partial charge in [-0.2, -0.15) is 0 Å². The number of carbonyl (C=O) groups excluding carboxylic acids is 2. The average Bonchev–Trinajstić information content (AvgIpc) is 3.01. The van der Waals surface area contributed by atoms with E-state index in [1.807, 2.05) is 0 Å². The first-order chi connectivity index (χ1) is 13.1. The van der Waals surface area contributed by atoms with Crippen molar-refractivity contribution >= 4 is 28.9 Å². The monoisotopic (exact) mass is 396 g/mol. The molecule has 2 heterocycles. The quantitative estimate of drug-likeness (QED) is 0.502. The molecule has 2 unspecified atom stereocenters. The van der Waals surface area contributed by atoms with Crippen LogP contribution in [0, 0.1) is 0 Å². The summed E-state index contributed by atoms with van der Waals surface area (Å²) in [7, 11) is 1.72. The molecular formula is C20H36N4O2S. The van der Waals surface area contributed by atoms with Crippen molar-refractivity contribution in [2.45, 2.75) is 90.3 Å². The number of rotatable bonds is 12. The van der Waals surface area contributed by atoms with Crippen LogP contribution in [0.1, 0.15) is 78.1 Å². The fourth-order valence-corrected chi connectivity index (χ4v) is 4.69. The number of nitrogens with zero attached hydrogens (tertiary/aromatic N) is 3. The van der Waals surface area contributed by atoms with Gasteiger partial charge in [-0.3, -0.25) is 10.1 Å². The van der Waals surface area contributed by atoms with E-state index in [9.17, 15) is 9.59 Å². The van der Waals surface area contributed by atoms with Crippen LogP contribution in [-0.2, 0) is 4.79 Å². The second-order valence-electron chi connectivity index (χ2n) is 7.55. The molecule has 0 aromatic heterocycles. The molecule has 0 radical (unpaired) electrons. The van der Waals surface area contributed by atoms with Gasteiger partial charge in [-0.25, -0.2) is 9.79 Å². The number of imide groups is 1. The molecule has 1 fully saturated rings. The Labute approximate surface area is 168 Å². The summed E-state index contributed by atoms with van der Waals surface area (Å²) in [4.78, 5) is 32.8. The lowest BCUT2D eigenvalue weighted by molar-refractivity contribution is -0.127. The Bertz CT molecular complexity index is 526. The first-order valence-electron chi connectivity index (χ1n) is 10.6. The highest BCUT2D eigenvalue weighted by atomic mass is 32.2. The van der Waals surface area contributed by atoms with E-state index in [0.717, 1.165) is 36.7 Å². The number of thioether (sulfide) groups is 1. The lowest BCUT2D eigenvalue weighted by Crippen LogP contribution is -2.63. The number of carbonyl (C=O) groups is 2. The zero-order valence-electron chi connectivity index (χ0n) is 17.2. The number of fused-ring (bicyclic) bond motifs is 1. The van der Waals surface area contributed by atoms with E-state index in [2.05, 4.69) is 24.1 Å². The van der Waals surface area contributed by atoms with Gasteiger partial charge in [-0.15, -0.1) is 0 Å². The molecule has 0 spiro atoms. The van der Waals surface area contributed by atoms with Gasteiger partial charge in [0.2, 0.25) is 0 Å². The number of hydrogen-bond acceptors (Lipinski definition) is 5. The first-order valence-corrected chi connectivity index (χ1v) is 11.6. The number of amidine groups is 1. The fraction of sp³-hybridized carbons (Fsp3) is 0.850. The van der Waals surface area contributed by atoms with Crippen LogP contribution in [0.25, 0.3) is 0 Å². The molecule has 0 bridgehead atoms. The van der Waals surface area contributed by atoms with Gasteiger partial charge in [-0.1, -0.05) is 77.0 Å². The minimum atomic E-state index is -0.385. The Kier molecular flexibility index (Phi) is 9.45. The van der Waals surface area contributed by atoms with E-state index in [-0.39, 0.29) is 24.1 Å². The number of nitrogens with one attached hydrogen (secondary N) is 1. The topological polar surface area (TPSA) is 65.0 Å². The number of unbranched alkanes of at least 4 members (excludes halogenated alkanes) is 8. The van der Waals surface area contributed by atoms with Crippen LogP contribution in [0.15, 0.2) is 4.99 Å². The third-order valence-corrected chi connectivity index (χ3v) is 6.40. The Morgan fingerprint density at radius 2 is 1.59 bits per heavy atom. The third kappa shape index (κ3) is 6.13. The fourth-order valence-electron chi connectivity index (χ4n) is 3.61. The van der Waals surface area contributed by atoms with Gasteiger partial charge in [-0.05, 0) is 12.8 Å². The number of aliphatic imine (C=N–C) groups is 1. The molecule has 6 nitrogen and oxygen atoms in total. The van der Waals surface area contributed by atoms with Gasteiger partial charge in [0.1, 0.15) is 0 Å². The smallest absolute Gasteiger partial charge is 0.325 e. The first kappa shape index (κ1) is 22.1. The van der Waals surface area contributed by atoms with Crippen molar-refractivity contribution in [3.05, 3.63) is 0 Å². The van der Waals surface area contributed by atoms with Crippen molar-refractivity contribution in [2.24, 2.45) is 4.99 Å². The highest BCUT2D eigenvalue weighted by molar-refractivity contribution is 8.13. The maximum Gasteiger partial charge on any atom is 0.325 e. The number of likely N-dealkylation sites (N-methyl/N-ethyl adjacent to an activating group) is 1. The Balaban J connectivity index is 1.87. The molecule has 7 heteroatoms. The molecule has 0 saturated carbocycles. The van der Waals surface area contributed by atoms with Crippen LogP contribution in [-0.4, -0.2) is 58.5 Å². The van der Waals surface area contributed by atoms with Gasteiger partial charge in [0.25, 0.3) is 5.91 Å². The zero-order chi connectivity index (χ0) is 19.6. The van der Waals surface area contributed by atoms with E-state index in [4.69, 9.17) is 4.99 Å². The molecule has 2 aliphatic rings. The van der Waals surface area contributed by atoms with Gasteiger partial charge >= 0.3 is 6.03 Å². The van der Waals surface area contributed by atoms with Crippen LogP contribution in [0.4, 0.5) is 4.79 Å². The van der Waals surface area contributed by atoms with Crippen LogP contribution in [0.2, 0.25) is 0 Å². The molecule has 27 heavy (non-hydrogen) atoms. The molecule has 2 rings (SSSR count). The molecule has 154 valence electrons. The zero-order valence-corrected chi connectivity index (χ0v) is 18.0. The van der Waals surface area contributed by atoms with Crippen LogP contribution < -0.4 is 5.32 Å². The lowest BCUT2D eigenvalue weighted by Gasteiger charge is -2.36. The molecule has 3 amide bonds. The Morgan fingerprint density at radius 3 is 2.30 bits per heavy atom. The molecule has 2 atom stereocenters. The van der Waals surface area contributed by atoms with Crippen LogP contribution in [0.3, 0.4) is 0 Å². The van der Waals surface area contributed by atoms with Crippen molar-refractivity contribution in [2.75, 3.05) is 19.3 Å². The van der Waals surface area contributed by atoms with E-state index in [1.54, 1.807) is 23.7 Å². The van der Waals surface area contributed by atoms with E-state index >= 15 is 0 Å². The van der Waals surface area contributed by atoms with Crippen molar-refractivity contribution in [1.82, 2.24) is 15.1 Å². The van der Waals surface area contributed by atoms with E-state index in [1.165, 1.54) is 44.9 Å². The summed E-state index contributed by atoms with van der Waals surface area (Å²) < 4.78 is 0. The predicted octanol–water partition coefficient (Wildman–Crippen LogP) is 4.21. The van der Waals surface area contributed by atoms with Gasteiger partial charge in [0.15, 0.2) is 17.4 Å². The highest BCUT2D eigenvalue weighted by Gasteiger charge is 2.48. The number of amides is 3. The lowest BCUT2D eigenvalue weighted by atomic mass is 10.1. The summed E-state index contributed by atoms with van der Waals surface area (Å²) in [6, 6.07) is -0.724. The SMILES string of the molecule is CCCCCCCCCSC1=NC2C(C(=O)NC(=O)N2C)N1CCCCC. The Morgan fingerprint density at radius 1 is 0.963 bits per heavy atom. The van der Waals surface area contributed by atoms with Crippen molar-refractivity contribution in [3.63, 3.8) is 0 Å². The van der Waals surface area contributed by atoms with E-state index in [0.29, 0.717) is 0 Å². The van der Waals surface area contributed by atoms with Gasteiger partial charge in [0.05, 0.1) is 0 Å². The summed E-state index contributed by atoms with van der Waals surface area (Å²) in [5.41, 5.74) is 0. The van der Waals surface area contributed by atoms with Gasteiger partial charge < -0.3 is 9.80 Å². The van der Waals surface area contributed by atoms with Crippen molar-refractivity contribution < 1.29 is 9.59 Å². The molecule has 2 aliphatic heterocycles. The minimum Gasteiger partial charge on any atom is -0.336 e. The molecule has 0 aromatic carbocycles. The van der Waals surface area contributed by atoms with E-state index < -0.39 is 0 Å². The second kappa shape index (κ2) is 11.6. The standard InChI is InChI=1S/C20H36N4O2S/c1-4-6-8-9-10-11-13-15-27-20-21-17-16(24(20)14-12-7-5-2)18(25)22-19(26)23(17)3/h16-17H,4-15H2,1-3H3,(H,22,25,26). The highest BCUT2D eigenvalue weighted by Crippen LogP contribution is 2.29. The molecule has 0 aliphatic carbocycles. The molecule has 1 N–H and O–H groups in total. The Hall–Kier alpha value is -1.24. The molecule has 0 aromatic rings. The number of hydrogen-bond donors (Lipinski definition) is 1. The predicted molar refractivity (Wildman–Crippen MR) is 113 cm³/mol. The number of urea groups is 1. The third-order valence-electron chi connectivity index (χ3n) is 5.30.